The number of hydrogen-bond donors (Lipinski definition) is 1. The summed E-state index contributed by atoms with van der Waals surface area (Å²) in [7, 11) is 2.13. The Hall–Kier alpha value is -0.955. The summed E-state index contributed by atoms with van der Waals surface area (Å²) in [6, 6.07) is 9.74. The molecule has 0 amide bonds. The minimum Gasteiger partial charge on any atom is -0.493 e. The van der Waals surface area contributed by atoms with Gasteiger partial charge in [0.15, 0.2) is 0 Å². The van der Waals surface area contributed by atoms with Crippen LogP contribution in [0.25, 0.3) is 0 Å². The van der Waals surface area contributed by atoms with Gasteiger partial charge in [-0.3, -0.25) is 0 Å². The van der Waals surface area contributed by atoms with Crippen LogP contribution in [0.1, 0.15) is 0 Å². The molecule has 1 fully saturated rings. The maximum absolute atomic E-state index is 9.56. The molecule has 0 spiro atoms. The Labute approximate surface area is 85.1 Å². The molecule has 1 aromatic rings. The summed E-state index contributed by atoms with van der Waals surface area (Å²) in [5.41, 5.74) is 0. The lowest BCUT2D eigenvalue weighted by Gasteiger charge is -2.15. The van der Waals surface area contributed by atoms with E-state index in [0.29, 0.717) is 6.61 Å². The summed E-state index contributed by atoms with van der Waals surface area (Å²) in [5.74, 6) is 1.15. The van der Waals surface area contributed by atoms with Crippen LogP contribution in [0.3, 0.4) is 0 Å². The van der Waals surface area contributed by atoms with Crippen molar-refractivity contribution in [3.63, 3.8) is 0 Å². The van der Waals surface area contributed by atoms with Crippen molar-refractivity contribution in [1.29, 1.82) is 0 Å². The summed E-state index contributed by atoms with van der Waals surface area (Å²) in [5, 5.41) is 9.56. The molecule has 73 valence electrons. The summed E-state index contributed by atoms with van der Waals surface area (Å²) in [6.07, 6.45) is 1.57. The molecular weight excluding hydrogens is 175 g/mol. The van der Waals surface area contributed by atoms with Gasteiger partial charge in [0.25, 0.3) is 0 Å². The van der Waals surface area contributed by atoms with Crippen LogP contribution in [0.15, 0.2) is 30.3 Å². The van der Waals surface area contributed by atoms with E-state index >= 15 is 0 Å². The van der Waals surface area contributed by atoms with E-state index in [9.17, 15) is 5.11 Å². The second-order valence-electron chi connectivity index (χ2n) is 3.71. The zero-order valence-electron chi connectivity index (χ0n) is 8.10. The van der Waals surface area contributed by atoms with Crippen LogP contribution >= 0.6 is 0 Å². The Morgan fingerprint density at radius 1 is 1.29 bits per heavy atom. The van der Waals surface area contributed by atoms with Crippen LogP contribution in [-0.4, -0.2) is 25.1 Å². The van der Waals surface area contributed by atoms with E-state index in [4.69, 9.17) is 4.74 Å². The van der Waals surface area contributed by atoms with E-state index in [1.54, 1.807) is 0 Å². The molecule has 0 bridgehead atoms. The van der Waals surface area contributed by atoms with Gasteiger partial charge in [-0.2, -0.15) is 0 Å². The van der Waals surface area contributed by atoms with Gasteiger partial charge < -0.3 is 9.84 Å². The lowest BCUT2D eigenvalue weighted by atomic mass is 9.76. The van der Waals surface area contributed by atoms with E-state index in [1.165, 1.54) is 0 Å². The smallest absolute Gasteiger partial charge is 0.119 e. The monoisotopic (exact) mass is 189 g/mol. The number of aliphatic hydroxyl groups excluding tert-OH is 1. The third kappa shape index (κ3) is 2.29. The highest BCUT2D eigenvalue weighted by atomic mass is 16.5. The largest absolute Gasteiger partial charge is 0.493 e. The molecule has 1 saturated heterocycles. The third-order valence-electron chi connectivity index (χ3n) is 2.63. The van der Waals surface area contributed by atoms with E-state index < -0.39 is 0 Å². The SMILES string of the molecule is O[C@@H]1C[B]C[C@H]1COc1ccccc1. The fourth-order valence-corrected chi connectivity index (χ4v) is 1.73. The Morgan fingerprint density at radius 3 is 2.71 bits per heavy atom. The summed E-state index contributed by atoms with van der Waals surface area (Å²) < 4.78 is 5.58. The second-order valence-corrected chi connectivity index (χ2v) is 3.71. The lowest BCUT2D eigenvalue weighted by Crippen LogP contribution is -2.19. The molecule has 14 heavy (non-hydrogen) atoms. The predicted molar refractivity (Wildman–Crippen MR) is 56.8 cm³/mol. The molecular formula is C11H14BO2. The molecule has 2 nitrogen and oxygen atoms in total. The molecule has 1 radical (unpaired) electrons. The standard InChI is InChI=1S/C11H14BO2/c13-11-7-12-6-9(11)8-14-10-4-2-1-3-5-10/h1-5,9,11,13H,6-8H2/t9-,11+/m0/s1. The van der Waals surface area contributed by atoms with Gasteiger partial charge in [0.2, 0.25) is 0 Å². The molecule has 3 heteroatoms. The Bertz CT molecular complexity index is 276. The van der Waals surface area contributed by atoms with Gasteiger partial charge in [-0.05, 0) is 12.1 Å². The highest BCUT2D eigenvalue weighted by Gasteiger charge is 2.26. The van der Waals surface area contributed by atoms with Gasteiger partial charge in [0.05, 0.1) is 12.7 Å². The number of aliphatic hydroxyl groups is 1. The lowest BCUT2D eigenvalue weighted by molar-refractivity contribution is 0.109. The molecule has 0 aromatic heterocycles. The molecule has 1 aromatic carbocycles. The van der Waals surface area contributed by atoms with Gasteiger partial charge in [-0.1, -0.05) is 30.8 Å². The summed E-state index contributed by atoms with van der Waals surface area (Å²) >= 11 is 0. The first kappa shape index (κ1) is 9.59. The van der Waals surface area contributed by atoms with E-state index in [1.807, 2.05) is 30.3 Å². The van der Waals surface area contributed by atoms with Gasteiger partial charge in [-0.25, -0.2) is 0 Å². The number of ether oxygens (including phenoxy) is 1. The van der Waals surface area contributed by atoms with Crippen molar-refractivity contribution in [2.24, 2.45) is 5.92 Å². The minimum absolute atomic E-state index is 0.210. The quantitative estimate of drug-likeness (QED) is 0.731. The minimum atomic E-state index is -0.210. The van der Waals surface area contributed by atoms with Crippen LogP contribution in [0.4, 0.5) is 0 Å². The van der Waals surface area contributed by atoms with Crippen LogP contribution in [0, 0.1) is 5.92 Å². The first-order valence-corrected chi connectivity index (χ1v) is 5.04. The summed E-state index contributed by atoms with van der Waals surface area (Å²) in [4.78, 5) is 0. The first-order chi connectivity index (χ1) is 6.86. The van der Waals surface area contributed by atoms with E-state index in [2.05, 4.69) is 7.28 Å². The number of rotatable bonds is 3. The molecule has 1 aliphatic heterocycles. The molecule has 1 N–H and O–H groups in total. The average Bonchev–Trinajstić information content (AvgIpc) is 2.63. The maximum atomic E-state index is 9.56. The average molecular weight is 189 g/mol. The van der Waals surface area contributed by atoms with Crippen molar-refractivity contribution in [1.82, 2.24) is 0 Å². The Balaban J connectivity index is 1.82. The molecule has 1 heterocycles. The molecule has 2 rings (SSSR count). The predicted octanol–water partition coefficient (Wildman–Crippen LogP) is 1.60. The van der Waals surface area contributed by atoms with Gasteiger partial charge in [-0.15, -0.1) is 0 Å². The molecule has 2 atom stereocenters. The Morgan fingerprint density at radius 2 is 2.07 bits per heavy atom. The zero-order valence-corrected chi connectivity index (χ0v) is 8.10. The van der Waals surface area contributed by atoms with Crippen molar-refractivity contribution in [2.75, 3.05) is 6.61 Å². The van der Waals surface area contributed by atoms with E-state index in [-0.39, 0.29) is 12.0 Å². The van der Waals surface area contributed by atoms with Crippen LogP contribution in [-0.2, 0) is 0 Å². The first-order valence-electron chi connectivity index (χ1n) is 5.04. The molecule has 0 unspecified atom stereocenters. The number of para-hydroxylation sites is 1. The van der Waals surface area contributed by atoms with Crippen molar-refractivity contribution >= 4 is 7.28 Å². The van der Waals surface area contributed by atoms with Crippen LogP contribution in [0.2, 0.25) is 12.6 Å². The van der Waals surface area contributed by atoms with Crippen molar-refractivity contribution in [3.8, 4) is 5.75 Å². The topological polar surface area (TPSA) is 29.5 Å². The van der Waals surface area contributed by atoms with Crippen molar-refractivity contribution in [2.45, 2.75) is 18.7 Å². The van der Waals surface area contributed by atoms with Gasteiger partial charge >= 0.3 is 0 Å². The highest BCUT2D eigenvalue weighted by molar-refractivity contribution is 6.37. The highest BCUT2D eigenvalue weighted by Crippen LogP contribution is 2.22. The zero-order chi connectivity index (χ0) is 9.80. The molecule has 0 aliphatic carbocycles. The normalized spacial score (nSPS) is 25.8. The number of benzene rings is 1. The van der Waals surface area contributed by atoms with Crippen molar-refractivity contribution < 1.29 is 9.84 Å². The molecule has 1 aliphatic rings. The summed E-state index contributed by atoms with van der Waals surface area (Å²) in [6.45, 7) is 0.613. The Kier molecular flexibility index (Phi) is 3.09. The van der Waals surface area contributed by atoms with Crippen LogP contribution in [0.5, 0.6) is 5.75 Å². The van der Waals surface area contributed by atoms with Gasteiger partial charge in [0, 0.05) is 5.92 Å². The fourth-order valence-electron chi connectivity index (χ4n) is 1.73. The van der Waals surface area contributed by atoms with Crippen molar-refractivity contribution in [3.05, 3.63) is 30.3 Å². The number of hydrogen-bond acceptors (Lipinski definition) is 2. The van der Waals surface area contributed by atoms with E-state index in [0.717, 1.165) is 18.4 Å². The second kappa shape index (κ2) is 4.51. The maximum Gasteiger partial charge on any atom is 0.119 e. The molecule has 0 saturated carbocycles. The van der Waals surface area contributed by atoms with Crippen LogP contribution < -0.4 is 4.74 Å². The third-order valence-corrected chi connectivity index (χ3v) is 2.63. The van der Waals surface area contributed by atoms with Gasteiger partial charge in [0.1, 0.15) is 13.0 Å². The fraction of sp³-hybridized carbons (Fsp3) is 0.455.